The quantitative estimate of drug-likeness (QED) is 0.884. The highest BCUT2D eigenvalue weighted by Gasteiger charge is 2.12. The molecule has 0 spiro atoms. The first-order valence-corrected chi connectivity index (χ1v) is 6.72. The zero-order valence-electron chi connectivity index (χ0n) is 8.04. The van der Waals surface area contributed by atoms with E-state index < -0.39 is 0 Å². The predicted molar refractivity (Wildman–Crippen MR) is 69.5 cm³/mol. The zero-order valence-corrected chi connectivity index (χ0v) is 11.2. The van der Waals surface area contributed by atoms with E-state index in [0.717, 1.165) is 17.2 Å². The van der Waals surface area contributed by atoms with Crippen LogP contribution in [0, 0.1) is 0 Å². The van der Waals surface area contributed by atoms with Gasteiger partial charge in [0.1, 0.15) is 11.0 Å². The lowest BCUT2D eigenvalue weighted by Gasteiger charge is -2.06. The molecule has 2 rings (SSSR count). The molecule has 0 atom stereocenters. The van der Waals surface area contributed by atoms with E-state index in [-0.39, 0.29) is 5.91 Å². The minimum atomic E-state index is -0.0979. The SMILES string of the molecule is O=C(CCBr)Nc1c(Cl)ccc2nsnc12. The summed E-state index contributed by atoms with van der Waals surface area (Å²) in [5.41, 5.74) is 1.92. The van der Waals surface area contributed by atoms with Crippen molar-refractivity contribution in [1.82, 2.24) is 8.75 Å². The molecule has 84 valence electrons. The van der Waals surface area contributed by atoms with Crippen LogP contribution in [0.2, 0.25) is 5.02 Å². The van der Waals surface area contributed by atoms with Crippen LogP contribution in [0.4, 0.5) is 5.69 Å². The second-order valence-electron chi connectivity index (χ2n) is 3.04. The number of rotatable bonds is 3. The van der Waals surface area contributed by atoms with E-state index in [1.165, 1.54) is 0 Å². The van der Waals surface area contributed by atoms with Crippen molar-refractivity contribution in [3.63, 3.8) is 0 Å². The first kappa shape index (κ1) is 11.8. The maximum atomic E-state index is 11.5. The van der Waals surface area contributed by atoms with Crippen LogP contribution in [0.1, 0.15) is 6.42 Å². The number of aromatic nitrogens is 2. The molecule has 0 aliphatic carbocycles. The van der Waals surface area contributed by atoms with E-state index in [1.54, 1.807) is 12.1 Å². The van der Waals surface area contributed by atoms with E-state index in [0.29, 0.717) is 28.0 Å². The fourth-order valence-electron chi connectivity index (χ4n) is 1.23. The van der Waals surface area contributed by atoms with Gasteiger partial charge in [-0.3, -0.25) is 4.79 Å². The Balaban J connectivity index is 2.38. The van der Waals surface area contributed by atoms with Gasteiger partial charge in [0.05, 0.1) is 22.4 Å². The molecule has 0 radical (unpaired) electrons. The van der Waals surface area contributed by atoms with Gasteiger partial charge in [0.15, 0.2) is 0 Å². The number of amides is 1. The Morgan fingerprint density at radius 2 is 2.31 bits per heavy atom. The lowest BCUT2D eigenvalue weighted by atomic mass is 10.2. The summed E-state index contributed by atoms with van der Waals surface area (Å²) in [6, 6.07) is 3.48. The molecule has 4 nitrogen and oxygen atoms in total. The summed E-state index contributed by atoms with van der Waals surface area (Å²) in [4.78, 5) is 11.5. The number of carbonyl (C=O) groups is 1. The van der Waals surface area contributed by atoms with Gasteiger partial charge in [0.2, 0.25) is 5.91 Å². The molecule has 7 heteroatoms. The molecule has 0 saturated carbocycles. The molecular formula is C9H7BrClN3OS. The summed E-state index contributed by atoms with van der Waals surface area (Å²) in [7, 11) is 0. The Labute approximate surface area is 109 Å². The van der Waals surface area contributed by atoms with Gasteiger partial charge < -0.3 is 5.32 Å². The minimum Gasteiger partial charge on any atom is -0.323 e. The Hall–Kier alpha value is -0.720. The van der Waals surface area contributed by atoms with E-state index in [4.69, 9.17) is 11.6 Å². The highest BCUT2D eigenvalue weighted by molar-refractivity contribution is 9.09. The number of fused-ring (bicyclic) bond motifs is 1. The van der Waals surface area contributed by atoms with Crippen LogP contribution < -0.4 is 5.32 Å². The Bertz CT molecular complexity index is 530. The maximum Gasteiger partial charge on any atom is 0.225 e. The van der Waals surface area contributed by atoms with Crippen molar-refractivity contribution in [2.24, 2.45) is 0 Å². The first-order chi connectivity index (χ1) is 7.72. The molecule has 1 heterocycles. The number of nitrogens with one attached hydrogen (secondary N) is 1. The maximum absolute atomic E-state index is 11.5. The van der Waals surface area contributed by atoms with E-state index in [1.807, 2.05) is 0 Å². The lowest BCUT2D eigenvalue weighted by Crippen LogP contribution is -2.12. The molecule has 0 unspecified atom stereocenters. The van der Waals surface area contributed by atoms with Gasteiger partial charge in [-0.2, -0.15) is 8.75 Å². The van der Waals surface area contributed by atoms with Crippen molar-refractivity contribution in [2.75, 3.05) is 10.6 Å². The third-order valence-electron chi connectivity index (χ3n) is 1.96. The molecule has 0 aliphatic heterocycles. The average molecular weight is 321 g/mol. The van der Waals surface area contributed by atoms with Crippen LogP contribution in [-0.2, 0) is 4.79 Å². The number of hydrogen-bond donors (Lipinski definition) is 1. The number of hydrogen-bond acceptors (Lipinski definition) is 4. The molecule has 0 saturated heterocycles. The molecule has 16 heavy (non-hydrogen) atoms. The molecule has 1 amide bonds. The summed E-state index contributed by atoms with van der Waals surface area (Å²) < 4.78 is 8.20. The van der Waals surface area contributed by atoms with Gasteiger partial charge in [-0.05, 0) is 12.1 Å². The lowest BCUT2D eigenvalue weighted by molar-refractivity contribution is -0.115. The standard InChI is InChI=1S/C9H7BrClN3OS/c10-4-3-7(15)12-8-5(11)1-2-6-9(8)14-16-13-6/h1-2H,3-4H2,(H,12,15). The molecule has 2 aromatic rings. The molecule has 1 aromatic heterocycles. The second kappa shape index (κ2) is 5.07. The van der Waals surface area contributed by atoms with Crippen LogP contribution in [-0.4, -0.2) is 20.0 Å². The first-order valence-electron chi connectivity index (χ1n) is 4.49. The van der Waals surface area contributed by atoms with Crippen molar-refractivity contribution in [3.8, 4) is 0 Å². The van der Waals surface area contributed by atoms with Crippen LogP contribution in [0.15, 0.2) is 12.1 Å². The molecule has 1 aromatic carbocycles. The summed E-state index contributed by atoms with van der Waals surface area (Å²) in [5.74, 6) is -0.0979. The third kappa shape index (κ3) is 2.34. The monoisotopic (exact) mass is 319 g/mol. The molecular weight excluding hydrogens is 314 g/mol. The van der Waals surface area contributed by atoms with Gasteiger partial charge in [-0.25, -0.2) is 0 Å². The van der Waals surface area contributed by atoms with E-state index in [9.17, 15) is 4.79 Å². The number of alkyl halides is 1. The molecule has 1 N–H and O–H groups in total. The molecule has 0 fully saturated rings. The fourth-order valence-corrected chi connectivity index (χ4v) is 2.34. The summed E-state index contributed by atoms with van der Waals surface area (Å²) in [6.45, 7) is 0. The Kier molecular flexibility index (Phi) is 3.73. The highest BCUT2D eigenvalue weighted by Crippen LogP contribution is 2.29. The number of benzene rings is 1. The second-order valence-corrected chi connectivity index (χ2v) is 4.77. The number of nitrogens with zero attached hydrogens (tertiary/aromatic N) is 2. The highest BCUT2D eigenvalue weighted by atomic mass is 79.9. The van der Waals surface area contributed by atoms with Crippen LogP contribution >= 0.6 is 39.3 Å². The van der Waals surface area contributed by atoms with Crippen LogP contribution in [0.25, 0.3) is 11.0 Å². The Morgan fingerprint density at radius 3 is 3.06 bits per heavy atom. The number of halogens is 2. The Morgan fingerprint density at radius 1 is 1.50 bits per heavy atom. The van der Waals surface area contributed by atoms with E-state index >= 15 is 0 Å². The fraction of sp³-hybridized carbons (Fsp3) is 0.222. The van der Waals surface area contributed by atoms with Gasteiger partial charge in [-0.1, -0.05) is 27.5 Å². The van der Waals surface area contributed by atoms with Gasteiger partial charge in [0.25, 0.3) is 0 Å². The van der Waals surface area contributed by atoms with Gasteiger partial charge >= 0.3 is 0 Å². The number of carbonyl (C=O) groups excluding carboxylic acids is 1. The topological polar surface area (TPSA) is 54.9 Å². The van der Waals surface area contributed by atoms with Crippen molar-refractivity contribution < 1.29 is 4.79 Å². The summed E-state index contributed by atoms with van der Waals surface area (Å²) in [6.07, 6.45) is 0.393. The molecule has 0 aliphatic rings. The van der Waals surface area contributed by atoms with Crippen molar-refractivity contribution in [1.29, 1.82) is 0 Å². The van der Waals surface area contributed by atoms with Crippen molar-refractivity contribution in [2.45, 2.75) is 6.42 Å². The summed E-state index contributed by atoms with van der Waals surface area (Å²) >= 11 is 10.3. The predicted octanol–water partition coefficient (Wildman–Crippen LogP) is 3.07. The van der Waals surface area contributed by atoms with Gasteiger partial charge in [-0.15, -0.1) is 0 Å². The molecule has 0 bridgehead atoms. The zero-order chi connectivity index (χ0) is 11.5. The van der Waals surface area contributed by atoms with Crippen LogP contribution in [0.5, 0.6) is 0 Å². The number of anilines is 1. The van der Waals surface area contributed by atoms with E-state index in [2.05, 4.69) is 30.0 Å². The van der Waals surface area contributed by atoms with Crippen molar-refractivity contribution in [3.05, 3.63) is 17.2 Å². The third-order valence-corrected chi connectivity index (χ3v) is 3.22. The average Bonchev–Trinajstić information content (AvgIpc) is 2.71. The minimum absolute atomic E-state index is 0.0979. The van der Waals surface area contributed by atoms with Gasteiger partial charge in [0, 0.05) is 11.8 Å². The van der Waals surface area contributed by atoms with Crippen molar-refractivity contribution >= 4 is 61.9 Å². The normalized spacial score (nSPS) is 10.6. The summed E-state index contributed by atoms with van der Waals surface area (Å²) in [5, 5.41) is 3.83. The largest absolute Gasteiger partial charge is 0.323 e. The van der Waals surface area contributed by atoms with Crippen LogP contribution in [0.3, 0.4) is 0 Å². The smallest absolute Gasteiger partial charge is 0.225 e.